The van der Waals surface area contributed by atoms with E-state index in [0.717, 1.165) is 39.0 Å². The molecule has 2 fully saturated rings. The molecular formula is C14H25NO4. The quantitative estimate of drug-likeness (QED) is 0.703. The zero-order valence-corrected chi connectivity index (χ0v) is 12.0. The van der Waals surface area contributed by atoms with E-state index < -0.39 is 0 Å². The first kappa shape index (κ1) is 14.8. The lowest BCUT2D eigenvalue weighted by molar-refractivity contribution is -0.147. The van der Waals surface area contributed by atoms with Gasteiger partial charge in [0, 0.05) is 25.7 Å². The molecular weight excluding hydrogens is 246 g/mol. The molecule has 0 aromatic heterocycles. The second kappa shape index (κ2) is 6.68. The minimum Gasteiger partial charge on any atom is -0.465 e. The van der Waals surface area contributed by atoms with Crippen molar-refractivity contribution in [2.75, 3.05) is 39.5 Å². The molecule has 2 rings (SSSR count). The maximum absolute atomic E-state index is 11.6. The van der Waals surface area contributed by atoms with Crippen molar-refractivity contribution in [3.05, 3.63) is 0 Å². The monoisotopic (exact) mass is 271 g/mol. The molecule has 0 amide bonds. The van der Waals surface area contributed by atoms with Crippen LogP contribution in [0.15, 0.2) is 0 Å². The Bertz CT molecular complexity index is 302. The first-order valence-electron chi connectivity index (χ1n) is 7.30. The van der Waals surface area contributed by atoms with Crippen LogP contribution in [0.1, 0.15) is 33.1 Å². The van der Waals surface area contributed by atoms with E-state index in [1.54, 1.807) is 0 Å². The predicted octanol–water partition coefficient (Wildman–Crippen LogP) is 1.21. The van der Waals surface area contributed by atoms with E-state index in [-0.39, 0.29) is 11.6 Å². The fourth-order valence-corrected chi connectivity index (χ4v) is 3.05. The van der Waals surface area contributed by atoms with Gasteiger partial charge in [-0.1, -0.05) is 6.92 Å². The molecule has 0 aromatic carbocycles. The van der Waals surface area contributed by atoms with Crippen LogP contribution in [0.4, 0.5) is 0 Å². The summed E-state index contributed by atoms with van der Waals surface area (Å²) in [7, 11) is 0. The molecule has 2 heterocycles. The Kier molecular flexibility index (Phi) is 5.19. The molecule has 2 aliphatic heterocycles. The Hall–Kier alpha value is -0.650. The zero-order chi connectivity index (χ0) is 13.7. The number of ether oxygens (including phenoxy) is 3. The normalized spacial score (nSPS) is 31.0. The van der Waals surface area contributed by atoms with Crippen LogP contribution in [0.2, 0.25) is 0 Å². The number of rotatable bonds is 5. The van der Waals surface area contributed by atoms with E-state index >= 15 is 0 Å². The number of carbonyl (C=O) groups is 1. The molecule has 19 heavy (non-hydrogen) atoms. The Balaban J connectivity index is 1.92. The Morgan fingerprint density at radius 1 is 1.42 bits per heavy atom. The van der Waals surface area contributed by atoms with Crippen molar-refractivity contribution in [1.82, 2.24) is 4.90 Å². The Morgan fingerprint density at radius 2 is 2.26 bits per heavy atom. The molecule has 1 spiro atoms. The Morgan fingerprint density at radius 3 is 2.89 bits per heavy atom. The third kappa shape index (κ3) is 3.68. The van der Waals surface area contributed by atoms with E-state index in [1.807, 2.05) is 6.92 Å². The van der Waals surface area contributed by atoms with Crippen LogP contribution in [0.25, 0.3) is 0 Å². The summed E-state index contributed by atoms with van der Waals surface area (Å²) in [5.74, 6) is -0.132. The van der Waals surface area contributed by atoms with Gasteiger partial charge in [-0.15, -0.1) is 0 Å². The van der Waals surface area contributed by atoms with Gasteiger partial charge in [0.1, 0.15) is 0 Å². The molecule has 0 radical (unpaired) electrons. The summed E-state index contributed by atoms with van der Waals surface area (Å²) in [4.78, 5) is 13.9. The Labute approximate surface area is 115 Å². The van der Waals surface area contributed by atoms with Gasteiger partial charge in [0.15, 0.2) is 0 Å². The van der Waals surface area contributed by atoms with E-state index in [2.05, 4.69) is 11.8 Å². The summed E-state index contributed by atoms with van der Waals surface area (Å²) < 4.78 is 16.5. The van der Waals surface area contributed by atoms with Crippen LogP contribution in [-0.2, 0) is 19.0 Å². The standard InChI is InChI=1S/C14H25NO4/c1-3-15(10-13(16)18-4-2)12-5-7-19-14(9-12)6-8-17-11-14/h12H,3-11H2,1-2H3. The number of nitrogens with zero attached hydrogens (tertiary/aromatic N) is 1. The number of esters is 1. The minimum absolute atomic E-state index is 0.106. The molecule has 0 aromatic rings. The molecule has 0 bridgehead atoms. The van der Waals surface area contributed by atoms with Crippen molar-refractivity contribution in [3.8, 4) is 0 Å². The van der Waals surface area contributed by atoms with Gasteiger partial charge in [0.05, 0.1) is 25.4 Å². The first-order chi connectivity index (χ1) is 9.19. The number of hydrogen-bond acceptors (Lipinski definition) is 5. The molecule has 2 saturated heterocycles. The highest BCUT2D eigenvalue weighted by atomic mass is 16.6. The summed E-state index contributed by atoms with van der Waals surface area (Å²) in [6.45, 7) is 7.86. The summed E-state index contributed by atoms with van der Waals surface area (Å²) in [6, 6.07) is 0.393. The summed E-state index contributed by atoms with van der Waals surface area (Å²) in [6.07, 6.45) is 2.91. The van der Waals surface area contributed by atoms with Gasteiger partial charge < -0.3 is 14.2 Å². The minimum atomic E-state index is -0.132. The third-order valence-corrected chi connectivity index (χ3v) is 4.09. The van der Waals surface area contributed by atoms with Crippen LogP contribution < -0.4 is 0 Å². The van der Waals surface area contributed by atoms with Gasteiger partial charge in [-0.3, -0.25) is 9.69 Å². The molecule has 0 N–H and O–H groups in total. The predicted molar refractivity (Wildman–Crippen MR) is 71.0 cm³/mol. The highest BCUT2D eigenvalue weighted by Crippen LogP contribution is 2.34. The van der Waals surface area contributed by atoms with E-state index in [9.17, 15) is 4.79 Å². The fourth-order valence-electron chi connectivity index (χ4n) is 3.05. The summed E-state index contributed by atoms with van der Waals surface area (Å²) in [5, 5.41) is 0. The molecule has 5 nitrogen and oxygen atoms in total. The number of hydrogen-bond donors (Lipinski definition) is 0. The van der Waals surface area contributed by atoms with Gasteiger partial charge in [-0.05, 0) is 26.3 Å². The molecule has 0 aliphatic carbocycles. The fraction of sp³-hybridized carbons (Fsp3) is 0.929. The third-order valence-electron chi connectivity index (χ3n) is 4.09. The van der Waals surface area contributed by atoms with Gasteiger partial charge >= 0.3 is 5.97 Å². The molecule has 2 atom stereocenters. The lowest BCUT2D eigenvalue weighted by Crippen LogP contribution is -2.50. The molecule has 0 saturated carbocycles. The van der Waals surface area contributed by atoms with Gasteiger partial charge in [0.25, 0.3) is 0 Å². The number of carbonyl (C=O) groups excluding carboxylic acids is 1. The highest BCUT2D eigenvalue weighted by Gasteiger charge is 2.42. The SMILES string of the molecule is CCOC(=O)CN(CC)C1CCOC2(CCOC2)C1. The smallest absolute Gasteiger partial charge is 0.320 e. The topological polar surface area (TPSA) is 48.0 Å². The average Bonchev–Trinajstić information content (AvgIpc) is 2.84. The van der Waals surface area contributed by atoms with E-state index in [1.165, 1.54) is 0 Å². The molecule has 2 unspecified atom stereocenters. The zero-order valence-electron chi connectivity index (χ0n) is 12.0. The van der Waals surface area contributed by atoms with Crippen molar-refractivity contribution in [3.63, 3.8) is 0 Å². The molecule has 2 aliphatic rings. The van der Waals surface area contributed by atoms with E-state index in [0.29, 0.717) is 25.8 Å². The van der Waals surface area contributed by atoms with Gasteiger partial charge in [-0.2, -0.15) is 0 Å². The highest BCUT2D eigenvalue weighted by molar-refractivity contribution is 5.71. The van der Waals surface area contributed by atoms with Gasteiger partial charge in [-0.25, -0.2) is 0 Å². The first-order valence-corrected chi connectivity index (χ1v) is 7.30. The van der Waals surface area contributed by atoms with Crippen LogP contribution in [-0.4, -0.2) is 62.0 Å². The molecule has 5 heteroatoms. The van der Waals surface area contributed by atoms with Crippen molar-refractivity contribution < 1.29 is 19.0 Å². The lowest BCUT2D eigenvalue weighted by Gasteiger charge is -2.41. The van der Waals surface area contributed by atoms with Crippen molar-refractivity contribution in [1.29, 1.82) is 0 Å². The average molecular weight is 271 g/mol. The number of likely N-dealkylation sites (N-methyl/N-ethyl adjacent to an activating group) is 1. The van der Waals surface area contributed by atoms with Gasteiger partial charge in [0.2, 0.25) is 0 Å². The second-order valence-corrected chi connectivity index (χ2v) is 5.35. The lowest BCUT2D eigenvalue weighted by atomic mass is 9.89. The van der Waals surface area contributed by atoms with Crippen molar-refractivity contribution in [2.45, 2.75) is 44.8 Å². The largest absolute Gasteiger partial charge is 0.465 e. The van der Waals surface area contributed by atoms with E-state index in [4.69, 9.17) is 14.2 Å². The molecule has 110 valence electrons. The van der Waals surface area contributed by atoms with Crippen molar-refractivity contribution in [2.24, 2.45) is 0 Å². The maximum Gasteiger partial charge on any atom is 0.320 e. The van der Waals surface area contributed by atoms with Crippen LogP contribution in [0, 0.1) is 0 Å². The second-order valence-electron chi connectivity index (χ2n) is 5.35. The van der Waals surface area contributed by atoms with Crippen LogP contribution in [0.3, 0.4) is 0 Å². The maximum atomic E-state index is 11.6. The summed E-state index contributed by atoms with van der Waals surface area (Å²) >= 11 is 0. The van der Waals surface area contributed by atoms with Crippen LogP contribution >= 0.6 is 0 Å². The van der Waals surface area contributed by atoms with Crippen LogP contribution in [0.5, 0.6) is 0 Å². The van der Waals surface area contributed by atoms with Crippen molar-refractivity contribution >= 4 is 5.97 Å². The summed E-state index contributed by atoms with van der Waals surface area (Å²) in [5.41, 5.74) is -0.106.